The maximum absolute atomic E-state index is 11.8. The Bertz CT molecular complexity index is 734. The van der Waals surface area contributed by atoms with Gasteiger partial charge in [0.2, 0.25) is 0 Å². The molecule has 7 heteroatoms. The van der Waals surface area contributed by atoms with Crippen molar-refractivity contribution in [1.82, 2.24) is 19.7 Å². The molecule has 0 bridgehead atoms. The van der Waals surface area contributed by atoms with Crippen molar-refractivity contribution in [2.45, 2.75) is 25.4 Å². The van der Waals surface area contributed by atoms with Gasteiger partial charge < -0.3 is 4.90 Å². The standard InChI is InChI=1S/C14H14N6O/c15-9-12-14(17-7-6-16-12)19-8-2-3-11(19)10-20-13(21)4-1-5-18-20/h1,4-7,11H,2-3,8,10H2. The van der Waals surface area contributed by atoms with Crippen LogP contribution >= 0.6 is 0 Å². The van der Waals surface area contributed by atoms with Gasteiger partial charge in [-0.25, -0.2) is 14.6 Å². The van der Waals surface area contributed by atoms with Gasteiger partial charge in [-0.1, -0.05) is 0 Å². The van der Waals surface area contributed by atoms with E-state index >= 15 is 0 Å². The molecule has 3 rings (SSSR count). The first kappa shape index (κ1) is 13.2. The maximum Gasteiger partial charge on any atom is 0.266 e. The highest BCUT2D eigenvalue weighted by Crippen LogP contribution is 2.25. The minimum Gasteiger partial charge on any atom is -0.349 e. The minimum atomic E-state index is -0.121. The van der Waals surface area contributed by atoms with Crippen molar-refractivity contribution >= 4 is 5.82 Å². The smallest absolute Gasteiger partial charge is 0.266 e. The van der Waals surface area contributed by atoms with Gasteiger partial charge in [0.05, 0.1) is 12.6 Å². The zero-order valence-electron chi connectivity index (χ0n) is 11.4. The van der Waals surface area contributed by atoms with Gasteiger partial charge in [-0.2, -0.15) is 10.4 Å². The third-order valence-corrected chi connectivity index (χ3v) is 3.60. The van der Waals surface area contributed by atoms with Crippen LogP contribution in [0.3, 0.4) is 0 Å². The highest BCUT2D eigenvalue weighted by Gasteiger charge is 2.28. The Balaban J connectivity index is 1.88. The fourth-order valence-electron chi connectivity index (χ4n) is 2.65. The molecule has 1 saturated heterocycles. The molecule has 1 aliphatic rings. The summed E-state index contributed by atoms with van der Waals surface area (Å²) >= 11 is 0. The third kappa shape index (κ3) is 2.60. The molecule has 2 aromatic heterocycles. The van der Waals surface area contributed by atoms with E-state index in [4.69, 9.17) is 5.26 Å². The summed E-state index contributed by atoms with van der Waals surface area (Å²) in [5, 5.41) is 13.2. The number of nitriles is 1. The topological polar surface area (TPSA) is 87.7 Å². The van der Waals surface area contributed by atoms with Crippen molar-refractivity contribution in [3.63, 3.8) is 0 Å². The quantitative estimate of drug-likeness (QED) is 0.818. The van der Waals surface area contributed by atoms with Gasteiger partial charge in [-0.3, -0.25) is 4.79 Å². The number of hydrogen-bond donors (Lipinski definition) is 0. The van der Waals surface area contributed by atoms with Crippen LogP contribution in [0.4, 0.5) is 5.82 Å². The molecule has 1 fully saturated rings. The second-order valence-electron chi connectivity index (χ2n) is 4.87. The molecule has 0 aromatic carbocycles. The van der Waals surface area contributed by atoms with Crippen molar-refractivity contribution in [1.29, 1.82) is 5.26 Å². The average Bonchev–Trinajstić information content (AvgIpc) is 2.97. The first-order chi connectivity index (χ1) is 10.3. The summed E-state index contributed by atoms with van der Waals surface area (Å²) in [6.07, 6.45) is 6.62. The van der Waals surface area contributed by atoms with Crippen molar-refractivity contribution in [3.05, 3.63) is 46.8 Å². The number of aromatic nitrogens is 4. The van der Waals surface area contributed by atoms with Crippen molar-refractivity contribution in [2.24, 2.45) is 0 Å². The van der Waals surface area contributed by atoms with E-state index in [0.717, 1.165) is 19.4 Å². The lowest BCUT2D eigenvalue weighted by molar-refractivity contribution is 0.486. The molecule has 0 N–H and O–H groups in total. The third-order valence-electron chi connectivity index (χ3n) is 3.60. The molecule has 3 heterocycles. The van der Waals surface area contributed by atoms with Crippen molar-refractivity contribution in [3.8, 4) is 6.07 Å². The van der Waals surface area contributed by atoms with E-state index in [1.807, 2.05) is 4.90 Å². The average molecular weight is 282 g/mol. The van der Waals surface area contributed by atoms with Crippen molar-refractivity contribution in [2.75, 3.05) is 11.4 Å². The summed E-state index contributed by atoms with van der Waals surface area (Å²) in [5.74, 6) is 0.589. The van der Waals surface area contributed by atoms with Crippen LogP contribution in [0.5, 0.6) is 0 Å². The molecule has 7 nitrogen and oxygen atoms in total. The predicted molar refractivity (Wildman–Crippen MR) is 75.6 cm³/mol. The summed E-state index contributed by atoms with van der Waals surface area (Å²) < 4.78 is 1.45. The Morgan fingerprint density at radius 2 is 2.19 bits per heavy atom. The normalized spacial score (nSPS) is 17.7. The molecule has 2 aromatic rings. The number of rotatable bonds is 3. The van der Waals surface area contributed by atoms with Gasteiger partial charge in [0, 0.05) is 31.2 Å². The Hall–Kier alpha value is -2.75. The van der Waals surface area contributed by atoms with Gasteiger partial charge >= 0.3 is 0 Å². The van der Waals surface area contributed by atoms with Crippen LogP contribution in [0, 0.1) is 11.3 Å². The molecule has 1 unspecified atom stereocenters. The summed E-state index contributed by atoms with van der Waals surface area (Å²) in [6, 6.07) is 5.29. The molecule has 0 amide bonds. The lowest BCUT2D eigenvalue weighted by Crippen LogP contribution is -2.37. The molecular formula is C14H14N6O. The van der Waals surface area contributed by atoms with E-state index < -0.39 is 0 Å². The lowest BCUT2D eigenvalue weighted by atomic mass is 10.2. The summed E-state index contributed by atoms with van der Waals surface area (Å²) in [6.45, 7) is 1.29. The number of anilines is 1. The highest BCUT2D eigenvalue weighted by molar-refractivity contribution is 5.51. The molecule has 0 spiro atoms. The first-order valence-corrected chi connectivity index (χ1v) is 6.79. The zero-order chi connectivity index (χ0) is 14.7. The van der Waals surface area contributed by atoms with Crippen LogP contribution < -0.4 is 10.5 Å². The van der Waals surface area contributed by atoms with E-state index in [1.165, 1.54) is 16.9 Å². The fraction of sp³-hybridized carbons (Fsp3) is 0.357. The largest absolute Gasteiger partial charge is 0.349 e. The molecule has 1 atom stereocenters. The maximum atomic E-state index is 11.8. The van der Waals surface area contributed by atoms with Gasteiger partial charge in [-0.05, 0) is 18.9 Å². The molecule has 0 aliphatic carbocycles. The van der Waals surface area contributed by atoms with Gasteiger partial charge in [0.15, 0.2) is 11.5 Å². The van der Waals surface area contributed by atoms with E-state index in [9.17, 15) is 4.79 Å². The fourth-order valence-corrected chi connectivity index (χ4v) is 2.65. The van der Waals surface area contributed by atoms with Gasteiger partial charge in [0.1, 0.15) is 6.07 Å². The van der Waals surface area contributed by atoms with Crippen LogP contribution in [0.15, 0.2) is 35.5 Å². The molecular weight excluding hydrogens is 268 g/mol. The van der Waals surface area contributed by atoms with E-state index in [-0.39, 0.29) is 11.6 Å². The Kier molecular flexibility index (Phi) is 3.60. The SMILES string of the molecule is N#Cc1nccnc1N1CCCC1Cn1ncccc1=O. The van der Waals surface area contributed by atoms with E-state index in [2.05, 4.69) is 21.1 Å². The second kappa shape index (κ2) is 5.71. The summed E-state index contributed by atoms with van der Waals surface area (Å²) in [5.41, 5.74) is 0.196. The zero-order valence-corrected chi connectivity index (χ0v) is 11.4. The molecule has 0 saturated carbocycles. The Labute approximate surface area is 121 Å². The second-order valence-corrected chi connectivity index (χ2v) is 4.87. The predicted octanol–water partition coefficient (Wildman–Crippen LogP) is 0.574. The van der Waals surface area contributed by atoms with Crippen molar-refractivity contribution < 1.29 is 0 Å². The highest BCUT2D eigenvalue weighted by atomic mass is 16.1. The lowest BCUT2D eigenvalue weighted by Gasteiger charge is -2.25. The monoisotopic (exact) mass is 282 g/mol. The first-order valence-electron chi connectivity index (χ1n) is 6.79. The Morgan fingerprint density at radius 1 is 1.33 bits per heavy atom. The molecule has 106 valence electrons. The molecule has 0 radical (unpaired) electrons. The number of hydrogen-bond acceptors (Lipinski definition) is 6. The van der Waals surface area contributed by atoms with Crippen LogP contribution in [-0.2, 0) is 6.54 Å². The van der Waals surface area contributed by atoms with E-state index in [1.54, 1.807) is 18.5 Å². The van der Waals surface area contributed by atoms with Gasteiger partial charge in [0.25, 0.3) is 5.56 Å². The summed E-state index contributed by atoms with van der Waals surface area (Å²) in [7, 11) is 0. The minimum absolute atomic E-state index is 0.0985. The molecule has 1 aliphatic heterocycles. The Morgan fingerprint density at radius 3 is 3.00 bits per heavy atom. The van der Waals surface area contributed by atoms with Gasteiger partial charge in [-0.15, -0.1) is 0 Å². The van der Waals surface area contributed by atoms with Crippen LogP contribution in [0.2, 0.25) is 0 Å². The summed E-state index contributed by atoms with van der Waals surface area (Å²) in [4.78, 5) is 22.2. The van der Waals surface area contributed by atoms with Crippen LogP contribution in [0.1, 0.15) is 18.5 Å². The van der Waals surface area contributed by atoms with E-state index in [0.29, 0.717) is 18.1 Å². The number of nitrogens with zero attached hydrogens (tertiary/aromatic N) is 6. The van der Waals surface area contributed by atoms with Crippen LogP contribution in [-0.4, -0.2) is 32.3 Å². The van der Waals surface area contributed by atoms with Crippen LogP contribution in [0.25, 0.3) is 0 Å². The molecule has 21 heavy (non-hydrogen) atoms.